The predicted octanol–water partition coefficient (Wildman–Crippen LogP) is 3.02. The maximum absolute atomic E-state index is 13.2. The van der Waals surface area contributed by atoms with Gasteiger partial charge in [0.1, 0.15) is 5.82 Å². The molecule has 0 radical (unpaired) electrons. The number of halogens is 1. The second-order valence-corrected chi connectivity index (χ2v) is 3.88. The van der Waals surface area contributed by atoms with E-state index in [-0.39, 0.29) is 5.56 Å². The van der Waals surface area contributed by atoms with Crippen molar-refractivity contribution in [1.29, 1.82) is 0 Å². The lowest BCUT2D eigenvalue weighted by molar-refractivity contribution is 0.0698. The summed E-state index contributed by atoms with van der Waals surface area (Å²) in [5.41, 5.74) is 1.32. The van der Waals surface area contributed by atoms with Crippen molar-refractivity contribution in [3.8, 4) is 0 Å². The third kappa shape index (κ3) is 2.11. The van der Waals surface area contributed by atoms with Crippen molar-refractivity contribution in [3.05, 3.63) is 41.3 Å². The Bertz CT molecular complexity index is 581. The summed E-state index contributed by atoms with van der Waals surface area (Å²) in [6.45, 7) is 1.96. The molecule has 0 aliphatic rings. The van der Waals surface area contributed by atoms with E-state index < -0.39 is 11.8 Å². The highest BCUT2D eigenvalue weighted by Gasteiger charge is 2.15. The number of carboxylic acid groups (broad SMARTS) is 1. The molecule has 0 unspecified atom stereocenters. The molecule has 0 spiro atoms. The fourth-order valence-corrected chi connectivity index (χ4v) is 1.92. The summed E-state index contributed by atoms with van der Waals surface area (Å²) >= 11 is 0. The molecule has 88 valence electrons. The van der Waals surface area contributed by atoms with Gasteiger partial charge in [-0.05, 0) is 30.2 Å². The first kappa shape index (κ1) is 11.5. The second kappa shape index (κ2) is 4.49. The highest BCUT2D eigenvalue weighted by Crippen LogP contribution is 2.22. The summed E-state index contributed by atoms with van der Waals surface area (Å²) in [6, 6.07) is 4.00. The Balaban J connectivity index is 2.77. The number of aromatic nitrogens is 1. The fraction of sp³-hybridized carbons (Fsp3) is 0.231. The van der Waals surface area contributed by atoms with Crippen molar-refractivity contribution in [2.75, 3.05) is 0 Å². The molecular weight excluding hydrogens is 221 g/mol. The number of aryl methyl sites for hydroxylation is 1. The molecule has 0 aliphatic carbocycles. The number of benzene rings is 1. The lowest BCUT2D eigenvalue weighted by Crippen LogP contribution is -2.05. The maximum Gasteiger partial charge on any atom is 0.336 e. The Labute approximate surface area is 97.9 Å². The van der Waals surface area contributed by atoms with E-state index in [0.717, 1.165) is 6.42 Å². The van der Waals surface area contributed by atoms with Crippen LogP contribution in [0, 0.1) is 5.82 Å². The number of carbonyl (C=O) groups is 1. The normalized spacial score (nSPS) is 10.7. The average molecular weight is 233 g/mol. The van der Waals surface area contributed by atoms with Gasteiger partial charge in [0.15, 0.2) is 0 Å². The van der Waals surface area contributed by atoms with Crippen LogP contribution in [0.3, 0.4) is 0 Å². The molecular formula is C13H12FNO2. The molecule has 0 aliphatic heterocycles. The first-order chi connectivity index (χ1) is 8.13. The monoisotopic (exact) mass is 233 g/mol. The number of aromatic carboxylic acids is 1. The minimum atomic E-state index is -1.04. The lowest BCUT2D eigenvalue weighted by Gasteiger charge is -2.08. The fourth-order valence-electron chi connectivity index (χ4n) is 1.92. The molecule has 0 amide bonds. The first-order valence-corrected chi connectivity index (χ1v) is 5.44. The molecule has 4 heteroatoms. The molecule has 1 heterocycles. The van der Waals surface area contributed by atoms with Gasteiger partial charge in [0, 0.05) is 11.6 Å². The highest BCUT2D eigenvalue weighted by atomic mass is 19.1. The molecule has 17 heavy (non-hydrogen) atoms. The summed E-state index contributed by atoms with van der Waals surface area (Å²) in [5, 5.41) is 9.60. The zero-order valence-electron chi connectivity index (χ0n) is 9.40. The van der Waals surface area contributed by atoms with Crippen molar-refractivity contribution < 1.29 is 14.3 Å². The average Bonchev–Trinajstić information content (AvgIpc) is 2.28. The Kier molecular flexibility index (Phi) is 3.04. The van der Waals surface area contributed by atoms with Gasteiger partial charge in [-0.25, -0.2) is 9.18 Å². The topological polar surface area (TPSA) is 50.2 Å². The van der Waals surface area contributed by atoms with Crippen LogP contribution in [0.5, 0.6) is 0 Å². The van der Waals surface area contributed by atoms with Crippen LogP contribution >= 0.6 is 0 Å². The van der Waals surface area contributed by atoms with Crippen molar-refractivity contribution in [3.63, 3.8) is 0 Å². The summed E-state index contributed by atoms with van der Waals surface area (Å²) < 4.78 is 13.2. The van der Waals surface area contributed by atoms with Crippen molar-refractivity contribution in [1.82, 2.24) is 4.98 Å². The molecule has 0 fully saturated rings. The van der Waals surface area contributed by atoms with Crippen LogP contribution < -0.4 is 0 Å². The molecule has 1 aromatic carbocycles. The van der Waals surface area contributed by atoms with Gasteiger partial charge in [0.05, 0.1) is 11.1 Å². The maximum atomic E-state index is 13.2. The Hall–Kier alpha value is -1.97. The van der Waals surface area contributed by atoms with Crippen LogP contribution in [0.1, 0.15) is 29.3 Å². The van der Waals surface area contributed by atoms with Gasteiger partial charge in [0.25, 0.3) is 0 Å². The van der Waals surface area contributed by atoms with Gasteiger partial charge < -0.3 is 5.11 Å². The molecule has 0 bridgehead atoms. The summed E-state index contributed by atoms with van der Waals surface area (Å²) in [5.74, 6) is -1.48. The van der Waals surface area contributed by atoms with E-state index in [1.54, 1.807) is 6.20 Å². The molecule has 0 atom stereocenters. The van der Waals surface area contributed by atoms with E-state index in [4.69, 9.17) is 0 Å². The van der Waals surface area contributed by atoms with E-state index in [1.807, 2.05) is 6.92 Å². The number of nitrogens with zero attached hydrogens (tertiary/aromatic N) is 1. The molecule has 3 nitrogen and oxygen atoms in total. The van der Waals surface area contributed by atoms with E-state index in [9.17, 15) is 14.3 Å². The first-order valence-electron chi connectivity index (χ1n) is 5.44. The number of hydrogen-bond donors (Lipinski definition) is 1. The summed E-state index contributed by atoms with van der Waals surface area (Å²) in [7, 11) is 0. The van der Waals surface area contributed by atoms with Crippen molar-refractivity contribution >= 4 is 16.9 Å². The molecule has 0 saturated heterocycles. The van der Waals surface area contributed by atoms with E-state index in [1.165, 1.54) is 18.2 Å². The van der Waals surface area contributed by atoms with Crippen LogP contribution in [0.25, 0.3) is 10.9 Å². The van der Waals surface area contributed by atoms with Gasteiger partial charge in [-0.3, -0.25) is 4.98 Å². The Morgan fingerprint density at radius 1 is 1.47 bits per heavy atom. The van der Waals surface area contributed by atoms with Crippen LogP contribution in [-0.4, -0.2) is 16.1 Å². The van der Waals surface area contributed by atoms with Crippen molar-refractivity contribution in [2.45, 2.75) is 19.8 Å². The number of pyridine rings is 1. The quantitative estimate of drug-likeness (QED) is 0.886. The van der Waals surface area contributed by atoms with Crippen LogP contribution in [0.2, 0.25) is 0 Å². The zero-order valence-corrected chi connectivity index (χ0v) is 9.40. The van der Waals surface area contributed by atoms with Gasteiger partial charge in [0.2, 0.25) is 0 Å². The van der Waals surface area contributed by atoms with E-state index in [2.05, 4.69) is 4.98 Å². The number of fused-ring (bicyclic) bond motifs is 1. The molecule has 1 N–H and O–H groups in total. The van der Waals surface area contributed by atoms with Crippen LogP contribution in [-0.2, 0) is 6.42 Å². The number of hydrogen-bond acceptors (Lipinski definition) is 2. The predicted molar refractivity (Wildman–Crippen MR) is 62.7 cm³/mol. The van der Waals surface area contributed by atoms with Gasteiger partial charge in [-0.2, -0.15) is 0 Å². The minimum Gasteiger partial charge on any atom is -0.478 e. The molecule has 0 saturated carbocycles. The SMILES string of the molecule is CCCc1cnc2ccc(F)cc2c1C(=O)O. The third-order valence-corrected chi connectivity index (χ3v) is 2.64. The van der Waals surface area contributed by atoms with Crippen LogP contribution in [0.4, 0.5) is 4.39 Å². The Morgan fingerprint density at radius 3 is 2.88 bits per heavy atom. The highest BCUT2D eigenvalue weighted by molar-refractivity contribution is 6.03. The minimum absolute atomic E-state index is 0.163. The second-order valence-electron chi connectivity index (χ2n) is 3.88. The zero-order chi connectivity index (χ0) is 12.4. The summed E-state index contributed by atoms with van der Waals surface area (Å²) in [4.78, 5) is 15.4. The number of rotatable bonds is 3. The van der Waals surface area contributed by atoms with Crippen molar-refractivity contribution in [2.24, 2.45) is 0 Å². The largest absolute Gasteiger partial charge is 0.478 e. The van der Waals surface area contributed by atoms with Gasteiger partial charge in [-0.15, -0.1) is 0 Å². The number of carboxylic acids is 1. The van der Waals surface area contributed by atoms with Gasteiger partial charge in [-0.1, -0.05) is 13.3 Å². The third-order valence-electron chi connectivity index (χ3n) is 2.64. The molecule has 2 rings (SSSR count). The van der Waals surface area contributed by atoms with E-state index >= 15 is 0 Å². The Morgan fingerprint density at radius 2 is 2.24 bits per heavy atom. The molecule has 1 aromatic heterocycles. The van der Waals surface area contributed by atoms with Crippen LogP contribution in [0.15, 0.2) is 24.4 Å². The lowest BCUT2D eigenvalue weighted by atomic mass is 10.0. The van der Waals surface area contributed by atoms with E-state index in [0.29, 0.717) is 22.9 Å². The summed E-state index contributed by atoms with van der Waals surface area (Å²) in [6.07, 6.45) is 3.01. The smallest absolute Gasteiger partial charge is 0.336 e. The molecule has 2 aromatic rings. The van der Waals surface area contributed by atoms with Gasteiger partial charge >= 0.3 is 5.97 Å². The standard InChI is InChI=1S/C13H12FNO2/c1-2-3-8-7-15-11-5-4-9(14)6-10(11)12(8)13(16)17/h4-7H,2-3H2,1H3,(H,16,17).